The molecule has 70 valence electrons. The van der Waals surface area contributed by atoms with E-state index in [4.69, 9.17) is 15.4 Å². The first-order chi connectivity index (χ1) is 6.70. The van der Waals surface area contributed by atoms with Crippen molar-refractivity contribution in [3.8, 4) is 17.5 Å². The first-order valence-corrected chi connectivity index (χ1v) is 3.86. The van der Waals surface area contributed by atoms with Crippen molar-refractivity contribution >= 4 is 5.88 Å². The first-order valence-electron chi connectivity index (χ1n) is 3.86. The number of aryl methyl sites for hydroxylation is 1. The largest absolute Gasteiger partial charge is 0.419 e. The fraction of sp³-hybridized carbons (Fsp3) is 0.125. The molecule has 14 heavy (non-hydrogen) atoms. The summed E-state index contributed by atoms with van der Waals surface area (Å²) in [6.07, 6.45) is 3.32. The minimum atomic E-state index is 0.0337. The number of rotatable bonds is 1. The van der Waals surface area contributed by atoms with E-state index in [1.165, 1.54) is 0 Å². The molecule has 6 heteroatoms. The Morgan fingerprint density at radius 3 is 2.93 bits per heavy atom. The van der Waals surface area contributed by atoms with Crippen LogP contribution in [0.15, 0.2) is 16.8 Å². The number of nitrogen functional groups attached to an aromatic ring is 1. The van der Waals surface area contributed by atoms with Crippen LogP contribution in [0.2, 0.25) is 0 Å². The summed E-state index contributed by atoms with van der Waals surface area (Å²) >= 11 is 0. The molecule has 0 fully saturated rings. The normalized spacial score (nSPS) is 10.0. The van der Waals surface area contributed by atoms with Crippen molar-refractivity contribution in [3.63, 3.8) is 0 Å². The number of anilines is 1. The molecule has 2 aromatic rings. The molecule has 0 spiro atoms. The third-order valence-corrected chi connectivity index (χ3v) is 1.71. The summed E-state index contributed by atoms with van der Waals surface area (Å²) < 4.78 is 6.71. The van der Waals surface area contributed by atoms with E-state index >= 15 is 0 Å². The lowest BCUT2D eigenvalue weighted by Gasteiger charge is -1.85. The maximum absolute atomic E-state index is 8.61. The molecule has 2 rings (SSSR count). The van der Waals surface area contributed by atoms with Crippen molar-refractivity contribution in [1.82, 2.24) is 14.8 Å². The van der Waals surface area contributed by atoms with E-state index < -0.39 is 0 Å². The Hall–Kier alpha value is -2.29. The van der Waals surface area contributed by atoms with Gasteiger partial charge in [0.05, 0.1) is 11.8 Å². The predicted molar refractivity (Wildman–Crippen MR) is 47.8 cm³/mol. The van der Waals surface area contributed by atoms with Crippen LogP contribution in [0.5, 0.6) is 0 Å². The van der Waals surface area contributed by atoms with Crippen LogP contribution in [-0.4, -0.2) is 14.8 Å². The van der Waals surface area contributed by atoms with Gasteiger partial charge in [0.25, 0.3) is 0 Å². The van der Waals surface area contributed by atoms with E-state index in [1.54, 1.807) is 24.1 Å². The molecule has 0 amide bonds. The van der Waals surface area contributed by atoms with E-state index in [0.717, 1.165) is 0 Å². The van der Waals surface area contributed by atoms with Gasteiger partial charge in [-0.1, -0.05) is 0 Å². The predicted octanol–water partition coefficient (Wildman–Crippen LogP) is 0.529. The summed E-state index contributed by atoms with van der Waals surface area (Å²) in [6.45, 7) is 0. The number of nitrogens with two attached hydrogens (primary N) is 1. The monoisotopic (exact) mass is 189 g/mol. The number of nitriles is 1. The van der Waals surface area contributed by atoms with Crippen molar-refractivity contribution < 1.29 is 4.42 Å². The molecule has 0 atom stereocenters. The Balaban J connectivity index is 2.48. The van der Waals surface area contributed by atoms with E-state index in [0.29, 0.717) is 11.5 Å². The zero-order valence-electron chi connectivity index (χ0n) is 7.43. The number of hydrogen-bond donors (Lipinski definition) is 1. The number of hydrogen-bond acceptors (Lipinski definition) is 5. The lowest BCUT2D eigenvalue weighted by molar-refractivity contribution is 0.593. The zero-order valence-corrected chi connectivity index (χ0v) is 7.43. The van der Waals surface area contributed by atoms with Crippen molar-refractivity contribution in [2.24, 2.45) is 7.05 Å². The Labute approximate surface area is 79.6 Å². The minimum absolute atomic E-state index is 0.0337. The molecule has 0 aliphatic carbocycles. The second-order valence-electron chi connectivity index (χ2n) is 2.75. The van der Waals surface area contributed by atoms with Crippen LogP contribution in [0.3, 0.4) is 0 Å². The van der Waals surface area contributed by atoms with E-state index in [2.05, 4.69) is 10.1 Å². The van der Waals surface area contributed by atoms with E-state index in [1.807, 2.05) is 6.07 Å². The van der Waals surface area contributed by atoms with Crippen molar-refractivity contribution in [3.05, 3.63) is 18.1 Å². The van der Waals surface area contributed by atoms with Gasteiger partial charge in [-0.25, -0.2) is 0 Å². The number of oxazole rings is 1. The fourth-order valence-electron chi connectivity index (χ4n) is 1.07. The molecule has 2 heterocycles. The highest BCUT2D eigenvalue weighted by Gasteiger charge is 2.12. The standard InChI is InChI=1S/C8H7N5O/c1-13-4-5(3-11-13)8-12-6(2-9)7(10)14-8/h3-4H,10H2,1H3. The molecule has 6 nitrogen and oxygen atoms in total. The first kappa shape index (κ1) is 8.31. The van der Waals surface area contributed by atoms with Crippen LogP contribution in [0, 0.1) is 11.3 Å². The zero-order chi connectivity index (χ0) is 10.1. The van der Waals surface area contributed by atoms with Crippen LogP contribution >= 0.6 is 0 Å². The summed E-state index contributed by atoms with van der Waals surface area (Å²) in [7, 11) is 1.78. The summed E-state index contributed by atoms with van der Waals surface area (Å²) in [5.74, 6) is 0.346. The molecule has 0 aromatic carbocycles. The second kappa shape index (κ2) is 2.88. The van der Waals surface area contributed by atoms with E-state index in [9.17, 15) is 0 Å². The summed E-state index contributed by atoms with van der Waals surface area (Å²) in [5.41, 5.74) is 6.21. The molecule has 0 radical (unpaired) electrons. The van der Waals surface area contributed by atoms with Gasteiger partial charge in [0.2, 0.25) is 17.5 Å². The van der Waals surface area contributed by atoms with E-state index in [-0.39, 0.29) is 11.6 Å². The van der Waals surface area contributed by atoms with Gasteiger partial charge in [0.15, 0.2) is 0 Å². The lowest BCUT2D eigenvalue weighted by atomic mass is 10.4. The Morgan fingerprint density at radius 1 is 1.64 bits per heavy atom. The molecule has 0 saturated carbocycles. The summed E-state index contributed by atoms with van der Waals surface area (Å²) in [4.78, 5) is 3.91. The Kier molecular flexibility index (Phi) is 1.71. The van der Waals surface area contributed by atoms with Crippen molar-refractivity contribution in [2.75, 3.05) is 5.73 Å². The van der Waals surface area contributed by atoms with Crippen LogP contribution < -0.4 is 5.73 Å². The number of aromatic nitrogens is 3. The van der Waals surface area contributed by atoms with Crippen LogP contribution in [0.1, 0.15) is 5.69 Å². The molecule has 0 saturated heterocycles. The van der Waals surface area contributed by atoms with Gasteiger partial charge in [0.1, 0.15) is 6.07 Å². The number of nitrogens with zero attached hydrogens (tertiary/aromatic N) is 4. The topological polar surface area (TPSA) is 93.7 Å². The van der Waals surface area contributed by atoms with Gasteiger partial charge in [-0.3, -0.25) is 4.68 Å². The van der Waals surface area contributed by atoms with Gasteiger partial charge < -0.3 is 10.2 Å². The quantitative estimate of drug-likeness (QED) is 0.706. The van der Waals surface area contributed by atoms with Gasteiger partial charge in [-0.2, -0.15) is 15.3 Å². The molecule has 2 N–H and O–H groups in total. The molecule has 0 bridgehead atoms. The molecule has 0 aliphatic rings. The third kappa shape index (κ3) is 1.21. The third-order valence-electron chi connectivity index (χ3n) is 1.71. The average Bonchev–Trinajstić information content (AvgIpc) is 2.71. The van der Waals surface area contributed by atoms with Gasteiger partial charge in [-0.15, -0.1) is 0 Å². The second-order valence-corrected chi connectivity index (χ2v) is 2.75. The van der Waals surface area contributed by atoms with Gasteiger partial charge >= 0.3 is 0 Å². The fourth-order valence-corrected chi connectivity index (χ4v) is 1.07. The summed E-state index contributed by atoms with van der Waals surface area (Å²) in [5, 5.41) is 12.6. The van der Waals surface area contributed by atoms with Crippen LogP contribution in [0.25, 0.3) is 11.5 Å². The minimum Gasteiger partial charge on any atom is -0.419 e. The Bertz CT molecular complexity index is 504. The van der Waals surface area contributed by atoms with Crippen molar-refractivity contribution in [1.29, 1.82) is 5.26 Å². The van der Waals surface area contributed by atoms with Crippen LogP contribution in [0.4, 0.5) is 5.88 Å². The molecule has 0 unspecified atom stereocenters. The SMILES string of the molecule is Cn1cc(-c2nc(C#N)c(N)o2)cn1. The molecular formula is C8H7N5O. The van der Waals surface area contributed by atoms with Gasteiger partial charge in [-0.05, 0) is 0 Å². The Morgan fingerprint density at radius 2 is 2.43 bits per heavy atom. The molecule has 2 aromatic heterocycles. The highest BCUT2D eigenvalue weighted by molar-refractivity contribution is 5.55. The lowest BCUT2D eigenvalue weighted by Crippen LogP contribution is -1.84. The molecular weight excluding hydrogens is 182 g/mol. The van der Waals surface area contributed by atoms with Crippen molar-refractivity contribution in [2.45, 2.75) is 0 Å². The van der Waals surface area contributed by atoms with Gasteiger partial charge in [0, 0.05) is 13.2 Å². The highest BCUT2D eigenvalue weighted by atomic mass is 16.4. The summed E-state index contributed by atoms with van der Waals surface area (Å²) in [6, 6.07) is 1.84. The smallest absolute Gasteiger partial charge is 0.233 e. The molecule has 0 aliphatic heterocycles. The average molecular weight is 189 g/mol. The maximum atomic E-state index is 8.61. The van der Waals surface area contributed by atoms with Crippen LogP contribution in [-0.2, 0) is 7.05 Å². The maximum Gasteiger partial charge on any atom is 0.233 e. The highest BCUT2D eigenvalue weighted by Crippen LogP contribution is 2.22.